The quantitative estimate of drug-likeness (QED) is 0.916. The molecule has 3 rings (SSSR count). The molecule has 0 spiro atoms. The Morgan fingerprint density at radius 2 is 1.85 bits per heavy atom. The van der Waals surface area contributed by atoms with E-state index in [9.17, 15) is 0 Å². The standard InChI is InChI=1S/C18H28N2/c1-14-6-5-9-17(10-14)20(2)18(13-19)11-15-7-3-4-8-16(15)12-18/h3-4,7-8,14,17H,5-6,9-13,19H2,1-2H3. The minimum atomic E-state index is 0.158. The molecule has 20 heavy (non-hydrogen) atoms. The van der Waals surface area contributed by atoms with Gasteiger partial charge in [-0.25, -0.2) is 0 Å². The number of benzene rings is 1. The Labute approximate surface area is 123 Å². The first-order valence-electron chi connectivity index (χ1n) is 8.14. The molecule has 0 heterocycles. The van der Waals surface area contributed by atoms with Crippen LogP contribution >= 0.6 is 0 Å². The highest BCUT2D eigenvalue weighted by molar-refractivity contribution is 5.36. The molecule has 2 atom stereocenters. The number of fused-ring (bicyclic) bond motifs is 1. The Morgan fingerprint density at radius 1 is 1.20 bits per heavy atom. The van der Waals surface area contributed by atoms with Gasteiger partial charge in [0.25, 0.3) is 0 Å². The molecular formula is C18H28N2. The van der Waals surface area contributed by atoms with Gasteiger partial charge in [0.2, 0.25) is 0 Å². The zero-order chi connectivity index (χ0) is 14.2. The summed E-state index contributed by atoms with van der Waals surface area (Å²) in [6.45, 7) is 3.17. The van der Waals surface area contributed by atoms with E-state index in [2.05, 4.69) is 43.1 Å². The van der Waals surface area contributed by atoms with Gasteiger partial charge in [-0.1, -0.05) is 44.0 Å². The lowest BCUT2D eigenvalue weighted by molar-refractivity contribution is 0.0533. The van der Waals surface area contributed by atoms with Crippen molar-refractivity contribution in [2.45, 2.75) is 57.0 Å². The Bertz CT molecular complexity index is 443. The average Bonchev–Trinajstić information content (AvgIpc) is 2.86. The maximum absolute atomic E-state index is 6.25. The lowest BCUT2D eigenvalue weighted by Crippen LogP contribution is -2.57. The molecule has 2 heteroatoms. The van der Waals surface area contributed by atoms with Crippen LogP contribution in [0.5, 0.6) is 0 Å². The predicted octanol–water partition coefficient (Wildman–Crippen LogP) is 2.99. The lowest BCUT2D eigenvalue weighted by atomic mass is 9.83. The maximum Gasteiger partial charge on any atom is 0.0412 e. The van der Waals surface area contributed by atoms with Gasteiger partial charge in [0.1, 0.15) is 0 Å². The summed E-state index contributed by atoms with van der Waals surface area (Å²) < 4.78 is 0. The van der Waals surface area contributed by atoms with Gasteiger partial charge in [-0.3, -0.25) is 4.90 Å². The zero-order valence-corrected chi connectivity index (χ0v) is 12.9. The van der Waals surface area contributed by atoms with Crippen LogP contribution in [0.1, 0.15) is 43.7 Å². The highest BCUT2D eigenvalue weighted by Crippen LogP contribution is 2.37. The fourth-order valence-corrected chi connectivity index (χ4v) is 4.35. The van der Waals surface area contributed by atoms with Crippen molar-refractivity contribution in [1.29, 1.82) is 0 Å². The summed E-state index contributed by atoms with van der Waals surface area (Å²) in [4.78, 5) is 2.64. The molecule has 110 valence electrons. The van der Waals surface area contributed by atoms with Crippen LogP contribution in [0.3, 0.4) is 0 Å². The normalized spacial score (nSPS) is 28.6. The molecule has 0 saturated heterocycles. The van der Waals surface area contributed by atoms with Crippen LogP contribution in [0.15, 0.2) is 24.3 Å². The van der Waals surface area contributed by atoms with Crippen LogP contribution < -0.4 is 5.73 Å². The third-order valence-corrected chi connectivity index (χ3v) is 5.74. The highest BCUT2D eigenvalue weighted by Gasteiger charge is 2.42. The van der Waals surface area contributed by atoms with Crippen LogP contribution in [0.25, 0.3) is 0 Å². The van der Waals surface area contributed by atoms with Gasteiger partial charge in [-0.05, 0) is 49.8 Å². The average molecular weight is 272 g/mol. The maximum atomic E-state index is 6.25. The second-order valence-electron chi connectivity index (χ2n) is 7.09. The van der Waals surface area contributed by atoms with Crippen molar-refractivity contribution in [2.75, 3.05) is 13.6 Å². The minimum Gasteiger partial charge on any atom is -0.329 e. The largest absolute Gasteiger partial charge is 0.329 e. The topological polar surface area (TPSA) is 29.3 Å². The minimum absolute atomic E-state index is 0.158. The molecular weight excluding hydrogens is 244 g/mol. The first kappa shape index (κ1) is 14.1. The smallest absolute Gasteiger partial charge is 0.0412 e. The Morgan fingerprint density at radius 3 is 2.40 bits per heavy atom. The summed E-state index contributed by atoms with van der Waals surface area (Å²) in [5.74, 6) is 0.870. The first-order valence-corrected chi connectivity index (χ1v) is 8.14. The highest BCUT2D eigenvalue weighted by atomic mass is 15.2. The van der Waals surface area contributed by atoms with Gasteiger partial charge in [-0.15, -0.1) is 0 Å². The van der Waals surface area contributed by atoms with Crippen LogP contribution in [-0.4, -0.2) is 30.1 Å². The molecule has 0 radical (unpaired) electrons. The summed E-state index contributed by atoms with van der Waals surface area (Å²) in [6.07, 6.45) is 7.72. The van der Waals surface area contributed by atoms with Crippen LogP contribution in [0.4, 0.5) is 0 Å². The van der Waals surface area contributed by atoms with Crippen molar-refractivity contribution >= 4 is 0 Å². The van der Waals surface area contributed by atoms with Crippen molar-refractivity contribution in [2.24, 2.45) is 11.7 Å². The first-order chi connectivity index (χ1) is 9.64. The molecule has 1 aromatic rings. The fourth-order valence-electron chi connectivity index (χ4n) is 4.35. The molecule has 1 saturated carbocycles. The molecule has 2 N–H and O–H groups in total. The summed E-state index contributed by atoms with van der Waals surface area (Å²) in [5.41, 5.74) is 9.42. The fraction of sp³-hybridized carbons (Fsp3) is 0.667. The third-order valence-electron chi connectivity index (χ3n) is 5.74. The SMILES string of the molecule is CC1CCCC(N(C)C2(CN)Cc3ccccc3C2)C1. The van der Waals surface area contributed by atoms with Crippen LogP contribution in [0, 0.1) is 5.92 Å². The monoisotopic (exact) mass is 272 g/mol. The van der Waals surface area contributed by atoms with Crippen LogP contribution in [-0.2, 0) is 12.8 Å². The molecule has 1 fully saturated rings. The molecule has 0 aliphatic heterocycles. The third kappa shape index (κ3) is 2.40. The Hall–Kier alpha value is -0.860. The molecule has 0 aromatic heterocycles. The molecule has 2 nitrogen and oxygen atoms in total. The lowest BCUT2D eigenvalue weighted by Gasteiger charge is -2.45. The van der Waals surface area contributed by atoms with E-state index in [4.69, 9.17) is 5.73 Å². The number of likely N-dealkylation sites (N-methyl/N-ethyl adjacent to an activating group) is 1. The number of hydrogen-bond donors (Lipinski definition) is 1. The van der Waals surface area contributed by atoms with Gasteiger partial charge < -0.3 is 5.73 Å². The Kier molecular flexibility index (Phi) is 3.87. The van der Waals surface area contributed by atoms with E-state index in [1.54, 1.807) is 0 Å². The number of hydrogen-bond acceptors (Lipinski definition) is 2. The number of rotatable bonds is 3. The molecule has 1 aromatic carbocycles. The molecule has 2 unspecified atom stereocenters. The van der Waals surface area contributed by atoms with Crippen molar-refractivity contribution in [1.82, 2.24) is 4.90 Å². The van der Waals surface area contributed by atoms with Crippen molar-refractivity contribution < 1.29 is 0 Å². The molecule has 2 aliphatic carbocycles. The van der Waals surface area contributed by atoms with Gasteiger partial charge in [0.15, 0.2) is 0 Å². The van der Waals surface area contributed by atoms with Crippen LogP contribution in [0.2, 0.25) is 0 Å². The summed E-state index contributed by atoms with van der Waals surface area (Å²) in [5, 5.41) is 0. The van der Waals surface area contributed by atoms with E-state index in [-0.39, 0.29) is 5.54 Å². The number of nitrogens with two attached hydrogens (primary N) is 1. The number of nitrogens with zero attached hydrogens (tertiary/aromatic N) is 1. The van der Waals surface area contributed by atoms with E-state index in [0.29, 0.717) is 0 Å². The van der Waals surface area contributed by atoms with Crippen molar-refractivity contribution in [3.05, 3.63) is 35.4 Å². The predicted molar refractivity (Wildman–Crippen MR) is 84.8 cm³/mol. The van der Waals surface area contributed by atoms with Crippen molar-refractivity contribution in [3.63, 3.8) is 0 Å². The van der Waals surface area contributed by atoms with E-state index >= 15 is 0 Å². The van der Waals surface area contributed by atoms with Gasteiger partial charge >= 0.3 is 0 Å². The molecule has 0 amide bonds. The summed E-state index contributed by atoms with van der Waals surface area (Å²) >= 11 is 0. The van der Waals surface area contributed by atoms with Gasteiger partial charge in [0.05, 0.1) is 0 Å². The van der Waals surface area contributed by atoms with Gasteiger partial charge in [0, 0.05) is 18.1 Å². The summed E-state index contributed by atoms with van der Waals surface area (Å²) in [7, 11) is 2.32. The van der Waals surface area contributed by atoms with E-state index in [0.717, 1.165) is 31.3 Å². The van der Waals surface area contributed by atoms with E-state index in [1.807, 2.05) is 0 Å². The van der Waals surface area contributed by atoms with E-state index in [1.165, 1.54) is 36.8 Å². The second-order valence-corrected chi connectivity index (χ2v) is 7.09. The second kappa shape index (κ2) is 5.50. The Balaban J connectivity index is 1.80. The molecule has 0 bridgehead atoms. The van der Waals surface area contributed by atoms with Gasteiger partial charge in [-0.2, -0.15) is 0 Å². The zero-order valence-electron chi connectivity index (χ0n) is 12.9. The van der Waals surface area contributed by atoms with Crippen molar-refractivity contribution in [3.8, 4) is 0 Å². The van der Waals surface area contributed by atoms with E-state index < -0.39 is 0 Å². The summed E-state index contributed by atoms with van der Waals surface area (Å²) in [6, 6.07) is 9.60. The molecule has 2 aliphatic rings.